The summed E-state index contributed by atoms with van der Waals surface area (Å²) >= 11 is 0. The number of urea groups is 1. The Labute approximate surface area is 129 Å². The van der Waals surface area contributed by atoms with E-state index >= 15 is 0 Å². The molecule has 10 heteroatoms. The molecular formula is C12H20N4O5S. The standard InChI is InChI=1S/C12H20N4O5S/c1-4-6-7-13-12(18)15-22(19,20)10-9(8-14-16(10)3)11(17)21-5-2/h8H,4-7H2,1-3H3,(H2,13,15,18). The van der Waals surface area contributed by atoms with Crippen molar-refractivity contribution in [1.82, 2.24) is 19.8 Å². The SMILES string of the molecule is CCCCNC(=O)NS(=O)(=O)c1c(C(=O)OCC)cnn1C. The summed E-state index contributed by atoms with van der Waals surface area (Å²) in [7, 11) is -2.89. The third-order valence-electron chi connectivity index (χ3n) is 2.68. The molecule has 1 aromatic rings. The average Bonchev–Trinajstić information content (AvgIpc) is 2.81. The number of nitrogens with zero attached hydrogens (tertiary/aromatic N) is 2. The number of hydrogen-bond donors (Lipinski definition) is 2. The Morgan fingerprint density at radius 2 is 2.05 bits per heavy atom. The van der Waals surface area contributed by atoms with Crippen molar-refractivity contribution in [2.75, 3.05) is 13.2 Å². The fraction of sp³-hybridized carbons (Fsp3) is 0.583. The summed E-state index contributed by atoms with van der Waals surface area (Å²) < 4.78 is 32.1. The summed E-state index contributed by atoms with van der Waals surface area (Å²) in [6, 6.07) is -0.857. The Morgan fingerprint density at radius 3 is 2.64 bits per heavy atom. The van der Waals surface area contributed by atoms with Crippen molar-refractivity contribution in [2.45, 2.75) is 31.7 Å². The molecule has 0 radical (unpaired) electrons. The number of amides is 2. The number of carbonyl (C=O) groups is 2. The Bertz CT molecular complexity index is 638. The zero-order chi connectivity index (χ0) is 16.8. The van der Waals surface area contributed by atoms with Gasteiger partial charge < -0.3 is 10.1 Å². The number of rotatable bonds is 7. The third kappa shape index (κ3) is 4.45. The van der Waals surface area contributed by atoms with Crippen molar-refractivity contribution in [3.8, 4) is 0 Å². The summed E-state index contributed by atoms with van der Waals surface area (Å²) in [6.07, 6.45) is 2.68. The Balaban J connectivity index is 2.96. The summed E-state index contributed by atoms with van der Waals surface area (Å²) in [5.74, 6) is -0.817. The Hall–Kier alpha value is -2.10. The molecule has 1 aromatic heterocycles. The summed E-state index contributed by atoms with van der Waals surface area (Å²) in [6.45, 7) is 3.99. The molecular weight excluding hydrogens is 312 g/mol. The molecule has 0 aliphatic rings. The fourth-order valence-electron chi connectivity index (χ4n) is 1.68. The van der Waals surface area contributed by atoms with Crippen molar-refractivity contribution in [2.24, 2.45) is 7.05 Å². The normalized spacial score (nSPS) is 11.0. The number of unbranched alkanes of at least 4 members (excludes halogenated alkanes) is 1. The predicted octanol–water partition coefficient (Wildman–Crippen LogP) is 0.385. The molecule has 1 rings (SSSR count). The molecule has 0 spiro atoms. The highest BCUT2D eigenvalue weighted by Gasteiger charge is 2.29. The number of esters is 1. The molecule has 0 aliphatic heterocycles. The molecule has 124 valence electrons. The lowest BCUT2D eigenvalue weighted by Gasteiger charge is -2.10. The van der Waals surface area contributed by atoms with Crippen LogP contribution in [-0.2, 0) is 21.8 Å². The molecule has 0 fully saturated rings. The topological polar surface area (TPSA) is 119 Å². The number of nitrogens with one attached hydrogen (secondary N) is 2. The van der Waals surface area contributed by atoms with E-state index in [1.165, 1.54) is 7.05 Å². The zero-order valence-electron chi connectivity index (χ0n) is 12.7. The lowest BCUT2D eigenvalue weighted by Crippen LogP contribution is -2.40. The van der Waals surface area contributed by atoms with E-state index < -0.39 is 27.0 Å². The number of aromatic nitrogens is 2. The van der Waals surface area contributed by atoms with Gasteiger partial charge in [-0.1, -0.05) is 13.3 Å². The molecule has 9 nitrogen and oxygen atoms in total. The average molecular weight is 332 g/mol. The number of carbonyl (C=O) groups excluding carboxylic acids is 2. The zero-order valence-corrected chi connectivity index (χ0v) is 13.6. The van der Waals surface area contributed by atoms with E-state index in [9.17, 15) is 18.0 Å². The third-order valence-corrected chi connectivity index (χ3v) is 4.12. The first-order chi connectivity index (χ1) is 10.3. The van der Waals surface area contributed by atoms with Gasteiger partial charge in [-0.3, -0.25) is 4.68 Å². The van der Waals surface area contributed by atoms with E-state index in [4.69, 9.17) is 4.74 Å². The molecule has 0 saturated heterocycles. The lowest BCUT2D eigenvalue weighted by molar-refractivity contribution is 0.0521. The first-order valence-electron chi connectivity index (χ1n) is 6.83. The van der Waals surface area contributed by atoms with Crippen LogP contribution in [0.4, 0.5) is 4.79 Å². The molecule has 2 N–H and O–H groups in total. The van der Waals surface area contributed by atoms with Gasteiger partial charge >= 0.3 is 12.0 Å². The first kappa shape index (κ1) is 18.0. The second-order valence-electron chi connectivity index (χ2n) is 4.42. The maximum Gasteiger partial charge on any atom is 0.342 e. The van der Waals surface area contributed by atoms with Gasteiger partial charge in [0.05, 0.1) is 12.8 Å². The second kappa shape index (κ2) is 7.78. The molecule has 0 aromatic carbocycles. The van der Waals surface area contributed by atoms with Gasteiger partial charge in [0.15, 0.2) is 5.03 Å². The van der Waals surface area contributed by atoms with Gasteiger partial charge in [0.25, 0.3) is 10.0 Å². The first-order valence-corrected chi connectivity index (χ1v) is 8.31. The largest absolute Gasteiger partial charge is 0.462 e. The number of hydrogen-bond acceptors (Lipinski definition) is 6. The Kier molecular flexibility index (Phi) is 6.35. The summed E-state index contributed by atoms with van der Waals surface area (Å²) in [5.41, 5.74) is -0.224. The van der Waals surface area contributed by atoms with E-state index in [1.54, 1.807) is 6.92 Å². The van der Waals surface area contributed by atoms with Crippen LogP contribution in [0.25, 0.3) is 0 Å². The number of sulfonamides is 1. The minimum atomic E-state index is -4.24. The van der Waals surface area contributed by atoms with Crippen LogP contribution in [0.1, 0.15) is 37.0 Å². The van der Waals surface area contributed by atoms with Gasteiger partial charge in [-0.2, -0.15) is 13.5 Å². The maximum absolute atomic E-state index is 12.2. The van der Waals surface area contributed by atoms with Crippen molar-refractivity contribution in [1.29, 1.82) is 0 Å². The predicted molar refractivity (Wildman–Crippen MR) is 77.8 cm³/mol. The molecule has 2 amide bonds. The Morgan fingerprint density at radius 1 is 1.36 bits per heavy atom. The number of aryl methyl sites for hydroxylation is 1. The maximum atomic E-state index is 12.2. The van der Waals surface area contributed by atoms with Crippen molar-refractivity contribution in [3.05, 3.63) is 11.8 Å². The molecule has 1 heterocycles. The van der Waals surface area contributed by atoms with E-state index in [0.717, 1.165) is 23.7 Å². The van der Waals surface area contributed by atoms with Crippen molar-refractivity contribution in [3.63, 3.8) is 0 Å². The van der Waals surface area contributed by atoms with Crippen LogP contribution in [0, 0.1) is 0 Å². The van der Waals surface area contributed by atoms with Gasteiger partial charge in [-0.05, 0) is 13.3 Å². The van der Waals surface area contributed by atoms with Gasteiger partial charge in [0, 0.05) is 13.6 Å². The van der Waals surface area contributed by atoms with E-state index in [-0.39, 0.29) is 12.2 Å². The van der Waals surface area contributed by atoms with E-state index in [0.29, 0.717) is 6.54 Å². The van der Waals surface area contributed by atoms with Crippen LogP contribution in [0.15, 0.2) is 11.2 Å². The summed E-state index contributed by atoms with van der Waals surface area (Å²) in [4.78, 5) is 23.4. The van der Waals surface area contributed by atoms with Gasteiger partial charge in [-0.25, -0.2) is 14.3 Å². The van der Waals surface area contributed by atoms with Crippen LogP contribution in [0.5, 0.6) is 0 Å². The van der Waals surface area contributed by atoms with Crippen molar-refractivity contribution >= 4 is 22.0 Å². The van der Waals surface area contributed by atoms with Crippen molar-refractivity contribution < 1.29 is 22.7 Å². The summed E-state index contributed by atoms with van der Waals surface area (Å²) in [5, 5.41) is 5.73. The molecule has 22 heavy (non-hydrogen) atoms. The van der Waals surface area contributed by atoms with Crippen LogP contribution in [0.2, 0.25) is 0 Å². The minimum absolute atomic E-state index is 0.0954. The van der Waals surface area contributed by atoms with Crippen LogP contribution in [-0.4, -0.2) is 43.4 Å². The lowest BCUT2D eigenvalue weighted by atomic mass is 10.3. The van der Waals surface area contributed by atoms with Crippen LogP contribution >= 0.6 is 0 Å². The number of ether oxygens (including phenoxy) is 1. The van der Waals surface area contributed by atoms with Crippen LogP contribution < -0.4 is 10.0 Å². The molecule has 0 bridgehead atoms. The van der Waals surface area contributed by atoms with E-state index in [2.05, 4.69) is 10.4 Å². The highest BCUT2D eigenvalue weighted by atomic mass is 32.2. The smallest absolute Gasteiger partial charge is 0.342 e. The highest BCUT2D eigenvalue weighted by Crippen LogP contribution is 2.15. The molecule has 0 atom stereocenters. The van der Waals surface area contributed by atoms with Crippen LogP contribution in [0.3, 0.4) is 0 Å². The minimum Gasteiger partial charge on any atom is -0.462 e. The monoisotopic (exact) mass is 332 g/mol. The van der Waals surface area contributed by atoms with Gasteiger partial charge in [0.2, 0.25) is 0 Å². The fourth-order valence-corrected chi connectivity index (χ4v) is 2.91. The highest BCUT2D eigenvalue weighted by molar-refractivity contribution is 7.90. The van der Waals surface area contributed by atoms with Gasteiger partial charge in [-0.15, -0.1) is 0 Å². The second-order valence-corrected chi connectivity index (χ2v) is 6.02. The molecule has 0 saturated carbocycles. The molecule has 0 aliphatic carbocycles. The van der Waals surface area contributed by atoms with Gasteiger partial charge in [0.1, 0.15) is 5.56 Å². The molecule has 0 unspecified atom stereocenters. The quantitative estimate of drug-likeness (QED) is 0.550. The van der Waals surface area contributed by atoms with E-state index in [1.807, 2.05) is 11.6 Å².